The maximum absolute atomic E-state index is 14.5. The van der Waals surface area contributed by atoms with Gasteiger partial charge in [-0.1, -0.05) is 48.5 Å². The van der Waals surface area contributed by atoms with E-state index in [0.29, 0.717) is 5.76 Å². The lowest BCUT2D eigenvalue weighted by Crippen LogP contribution is -2.14. The second-order valence-electron chi connectivity index (χ2n) is 6.14. The monoisotopic (exact) mass is 376 g/mol. The van der Waals surface area contributed by atoms with Crippen molar-refractivity contribution in [1.82, 2.24) is 4.98 Å². The van der Waals surface area contributed by atoms with Crippen molar-refractivity contribution in [3.8, 4) is 11.3 Å². The number of sulfonamides is 1. The predicted octanol–water partition coefficient (Wildman–Crippen LogP) is 3.51. The molecule has 4 rings (SSSR count). The standard InChI is InChI=1S/C18H14F2N2O3S/c19-18(20)15(12-8-4-5-9-14(12)26(21,23)24)16(18)17-22-10-13(25-17)11-6-2-1-3-7-11/h1-10,15-16H,(H2,21,23,24). The van der Waals surface area contributed by atoms with E-state index in [1.807, 2.05) is 6.07 Å². The van der Waals surface area contributed by atoms with Crippen molar-refractivity contribution < 1.29 is 21.6 Å². The van der Waals surface area contributed by atoms with Gasteiger partial charge in [-0.05, 0) is 11.6 Å². The van der Waals surface area contributed by atoms with Gasteiger partial charge in [-0.25, -0.2) is 27.3 Å². The number of aromatic nitrogens is 1. The molecule has 0 amide bonds. The van der Waals surface area contributed by atoms with Crippen LogP contribution >= 0.6 is 0 Å². The molecule has 1 aliphatic rings. The number of halogens is 2. The Hall–Kier alpha value is -2.58. The SMILES string of the molecule is NS(=O)(=O)c1ccccc1C1C(c2ncc(-c3ccccc3)o2)C1(F)F. The summed E-state index contributed by atoms with van der Waals surface area (Å²) in [5.74, 6) is -5.59. The van der Waals surface area contributed by atoms with Crippen LogP contribution in [0.3, 0.4) is 0 Å². The highest BCUT2D eigenvalue weighted by atomic mass is 32.2. The summed E-state index contributed by atoms with van der Waals surface area (Å²) in [4.78, 5) is 3.69. The van der Waals surface area contributed by atoms with E-state index >= 15 is 0 Å². The highest BCUT2D eigenvalue weighted by molar-refractivity contribution is 7.89. The van der Waals surface area contributed by atoms with E-state index in [4.69, 9.17) is 9.56 Å². The van der Waals surface area contributed by atoms with Gasteiger partial charge in [-0.2, -0.15) is 0 Å². The minimum absolute atomic E-state index is 0.0236. The van der Waals surface area contributed by atoms with E-state index in [1.54, 1.807) is 24.3 Å². The smallest absolute Gasteiger partial charge is 0.268 e. The Balaban J connectivity index is 1.72. The Morgan fingerprint density at radius 1 is 1.00 bits per heavy atom. The molecule has 2 N–H and O–H groups in total. The van der Waals surface area contributed by atoms with Gasteiger partial charge in [-0.15, -0.1) is 0 Å². The predicted molar refractivity (Wildman–Crippen MR) is 90.2 cm³/mol. The Morgan fingerprint density at radius 3 is 2.35 bits per heavy atom. The Bertz CT molecular complexity index is 1060. The number of oxazole rings is 1. The van der Waals surface area contributed by atoms with E-state index in [0.717, 1.165) is 5.56 Å². The molecule has 3 aromatic rings. The van der Waals surface area contributed by atoms with Crippen LogP contribution in [-0.2, 0) is 10.0 Å². The number of rotatable bonds is 4. The molecule has 0 aliphatic heterocycles. The zero-order chi connectivity index (χ0) is 18.5. The fraction of sp³-hybridized carbons (Fsp3) is 0.167. The van der Waals surface area contributed by atoms with Crippen molar-refractivity contribution in [3.05, 3.63) is 72.2 Å². The highest BCUT2D eigenvalue weighted by Gasteiger charge is 2.72. The molecule has 2 aromatic carbocycles. The number of alkyl halides is 2. The van der Waals surface area contributed by atoms with Crippen molar-refractivity contribution in [3.63, 3.8) is 0 Å². The highest BCUT2D eigenvalue weighted by Crippen LogP contribution is 2.67. The van der Waals surface area contributed by atoms with Crippen LogP contribution in [0.2, 0.25) is 0 Å². The molecule has 1 aliphatic carbocycles. The van der Waals surface area contributed by atoms with Gasteiger partial charge < -0.3 is 4.42 Å². The first-order valence-corrected chi connectivity index (χ1v) is 9.35. The summed E-state index contributed by atoms with van der Waals surface area (Å²) in [7, 11) is -4.12. The number of nitrogens with two attached hydrogens (primary N) is 1. The van der Waals surface area contributed by atoms with Gasteiger partial charge in [0.05, 0.1) is 17.0 Å². The molecule has 8 heteroatoms. The van der Waals surface area contributed by atoms with E-state index in [9.17, 15) is 17.2 Å². The molecule has 5 nitrogen and oxygen atoms in total. The fourth-order valence-electron chi connectivity index (χ4n) is 3.18. The molecule has 0 saturated heterocycles. The summed E-state index contributed by atoms with van der Waals surface area (Å²) in [5.41, 5.74) is 0.696. The number of primary sulfonamides is 1. The molecule has 1 fully saturated rings. The lowest BCUT2D eigenvalue weighted by molar-refractivity contribution is 0.101. The molecular formula is C18H14F2N2O3S. The second kappa shape index (κ2) is 5.72. The number of hydrogen-bond donors (Lipinski definition) is 1. The largest absolute Gasteiger partial charge is 0.440 e. The zero-order valence-corrected chi connectivity index (χ0v) is 14.2. The molecule has 2 atom stereocenters. The average molecular weight is 376 g/mol. The molecule has 26 heavy (non-hydrogen) atoms. The molecule has 134 valence electrons. The van der Waals surface area contributed by atoms with Crippen LogP contribution in [0.15, 0.2) is 70.1 Å². The third-order valence-electron chi connectivity index (χ3n) is 4.46. The lowest BCUT2D eigenvalue weighted by Gasteiger charge is -2.06. The summed E-state index contributed by atoms with van der Waals surface area (Å²) in [6.45, 7) is 0. The number of benzene rings is 2. The van der Waals surface area contributed by atoms with Gasteiger partial charge in [0.25, 0.3) is 5.92 Å². The first kappa shape index (κ1) is 16.9. The van der Waals surface area contributed by atoms with Gasteiger partial charge in [0.15, 0.2) is 5.76 Å². The third kappa shape index (κ3) is 2.71. The van der Waals surface area contributed by atoms with Crippen LogP contribution in [0.1, 0.15) is 23.3 Å². The van der Waals surface area contributed by atoms with Crippen molar-refractivity contribution in [2.45, 2.75) is 22.7 Å². The van der Waals surface area contributed by atoms with Gasteiger partial charge in [0.1, 0.15) is 5.92 Å². The maximum atomic E-state index is 14.5. The van der Waals surface area contributed by atoms with Crippen molar-refractivity contribution >= 4 is 10.0 Å². The normalized spacial score (nSPS) is 21.5. The molecule has 0 radical (unpaired) electrons. The first-order chi connectivity index (χ1) is 12.3. The quantitative estimate of drug-likeness (QED) is 0.755. The lowest BCUT2D eigenvalue weighted by atomic mass is 10.1. The summed E-state index contributed by atoms with van der Waals surface area (Å²) < 4.78 is 57.9. The molecule has 1 saturated carbocycles. The van der Waals surface area contributed by atoms with Crippen molar-refractivity contribution in [1.29, 1.82) is 0 Å². The number of nitrogens with zero attached hydrogens (tertiary/aromatic N) is 1. The van der Waals surface area contributed by atoms with Gasteiger partial charge >= 0.3 is 0 Å². The summed E-state index contributed by atoms with van der Waals surface area (Å²) in [6.07, 6.45) is 1.39. The molecule has 2 unspecified atom stereocenters. The van der Waals surface area contributed by atoms with Gasteiger partial charge in [-0.3, -0.25) is 0 Å². The zero-order valence-electron chi connectivity index (χ0n) is 13.3. The van der Waals surface area contributed by atoms with E-state index < -0.39 is 27.8 Å². The fourth-order valence-corrected chi connectivity index (χ4v) is 3.98. The summed E-state index contributed by atoms with van der Waals surface area (Å²) >= 11 is 0. The molecule has 1 aromatic heterocycles. The average Bonchev–Trinajstić information content (AvgIpc) is 2.95. The Labute approximate surface area is 148 Å². The van der Waals surface area contributed by atoms with Crippen molar-refractivity contribution in [2.24, 2.45) is 5.14 Å². The van der Waals surface area contributed by atoms with Crippen LogP contribution in [0.4, 0.5) is 8.78 Å². The second-order valence-corrected chi connectivity index (χ2v) is 7.67. The third-order valence-corrected chi connectivity index (χ3v) is 5.45. The van der Waals surface area contributed by atoms with Gasteiger partial charge in [0, 0.05) is 5.56 Å². The van der Waals surface area contributed by atoms with Crippen LogP contribution in [0.25, 0.3) is 11.3 Å². The van der Waals surface area contributed by atoms with E-state index in [1.165, 1.54) is 30.5 Å². The molecule has 0 bridgehead atoms. The topological polar surface area (TPSA) is 86.2 Å². The van der Waals surface area contributed by atoms with Crippen LogP contribution in [0, 0.1) is 0 Å². The first-order valence-electron chi connectivity index (χ1n) is 7.81. The van der Waals surface area contributed by atoms with Crippen molar-refractivity contribution in [2.75, 3.05) is 0 Å². The maximum Gasteiger partial charge on any atom is 0.268 e. The van der Waals surface area contributed by atoms with Crippen LogP contribution in [0.5, 0.6) is 0 Å². The van der Waals surface area contributed by atoms with Crippen LogP contribution < -0.4 is 5.14 Å². The van der Waals surface area contributed by atoms with Gasteiger partial charge in [0.2, 0.25) is 15.9 Å². The van der Waals surface area contributed by atoms with E-state index in [-0.39, 0.29) is 16.3 Å². The summed E-state index contributed by atoms with van der Waals surface area (Å²) in [5, 5.41) is 5.16. The Kier molecular flexibility index (Phi) is 3.71. The minimum Gasteiger partial charge on any atom is -0.440 e. The molecule has 1 heterocycles. The molecular weight excluding hydrogens is 362 g/mol. The minimum atomic E-state index is -4.12. The Morgan fingerprint density at radius 2 is 1.65 bits per heavy atom. The van der Waals surface area contributed by atoms with E-state index in [2.05, 4.69) is 4.98 Å². The van der Waals surface area contributed by atoms with Crippen LogP contribution in [-0.4, -0.2) is 19.3 Å². The summed E-state index contributed by atoms with van der Waals surface area (Å²) in [6, 6.07) is 14.5. The number of hydrogen-bond acceptors (Lipinski definition) is 4. The molecule has 0 spiro atoms.